The first kappa shape index (κ1) is 76.9. The van der Waals surface area contributed by atoms with Gasteiger partial charge in [-0.25, -0.2) is 51.4 Å². The summed E-state index contributed by atoms with van der Waals surface area (Å²) in [4.78, 5) is 78.6. The van der Waals surface area contributed by atoms with E-state index >= 15 is 0 Å². The van der Waals surface area contributed by atoms with Crippen LogP contribution in [0.15, 0.2) is 105 Å². The second-order valence-electron chi connectivity index (χ2n) is 31.5. The molecule has 0 aromatic heterocycles. The number of aryl methyl sites for hydroxylation is 4. The summed E-state index contributed by atoms with van der Waals surface area (Å²) in [6, 6.07) is 15.4. The molecule has 0 saturated carbocycles. The van der Waals surface area contributed by atoms with E-state index in [0.29, 0.717) is 85.7 Å². The Morgan fingerprint density at radius 1 is 0.412 bits per heavy atom. The van der Waals surface area contributed by atoms with Crippen molar-refractivity contribution in [1.29, 1.82) is 0 Å². The van der Waals surface area contributed by atoms with Crippen LogP contribution in [0.5, 0.6) is 23.0 Å². The van der Waals surface area contributed by atoms with Crippen LogP contribution in [0.2, 0.25) is 0 Å². The monoisotopic (exact) mass is 1620 g/mol. The Balaban J connectivity index is 0.000000165. The number of imide groups is 2. The van der Waals surface area contributed by atoms with Crippen LogP contribution in [-0.4, -0.2) is 175 Å². The Bertz CT molecular complexity index is 6070. The van der Waals surface area contributed by atoms with Crippen LogP contribution in [0, 0.1) is 0 Å². The summed E-state index contributed by atoms with van der Waals surface area (Å²) >= 11 is 0. The van der Waals surface area contributed by atoms with Gasteiger partial charge in [0, 0.05) is 194 Å². The van der Waals surface area contributed by atoms with Crippen LogP contribution in [0.4, 0.5) is 11.4 Å². The molecule has 0 atom stereocenters. The third-order valence-corrected chi connectivity index (χ3v) is 30.0. The van der Waals surface area contributed by atoms with Crippen LogP contribution in [0.3, 0.4) is 0 Å². The molecule has 6 aromatic carbocycles. The molecule has 0 aliphatic carbocycles. The molecule has 18 rings (SSSR count). The van der Waals surface area contributed by atoms with E-state index in [1.54, 1.807) is 0 Å². The summed E-state index contributed by atoms with van der Waals surface area (Å²) in [5.41, 5.74) is 14.0. The molecule has 12 aliphatic rings. The highest BCUT2D eigenvalue weighted by atomic mass is 32.2. The van der Waals surface area contributed by atoms with Crippen molar-refractivity contribution >= 4 is 98.2 Å². The molecule has 30 heteroatoms. The van der Waals surface area contributed by atoms with E-state index in [9.17, 15) is 71.5 Å². The van der Waals surface area contributed by atoms with Gasteiger partial charge in [-0.05, 0) is 175 Å². The third-order valence-electron chi connectivity index (χ3n) is 24.5. The lowest BCUT2D eigenvalue weighted by Gasteiger charge is -2.39. The average Bonchev–Trinajstić information content (AvgIpc) is 0.801. The molecule has 6 aromatic rings. The van der Waals surface area contributed by atoms with E-state index in [-0.39, 0.29) is 50.1 Å². The number of rotatable bonds is 20. The van der Waals surface area contributed by atoms with Crippen LogP contribution < -0.4 is 49.6 Å². The maximum Gasteiger partial charge on any atom is 0.267 e. The smallest absolute Gasteiger partial charge is 0.267 e. The molecule has 12 heterocycles. The van der Waals surface area contributed by atoms with Crippen LogP contribution in [0.1, 0.15) is 171 Å². The van der Waals surface area contributed by atoms with Crippen molar-refractivity contribution in [2.75, 3.05) is 88.3 Å². The molecule has 26 nitrogen and oxygen atoms in total. The lowest BCUT2D eigenvalue weighted by molar-refractivity contribution is -0.138. The van der Waals surface area contributed by atoms with E-state index in [1.807, 2.05) is 0 Å². The Labute approximate surface area is 661 Å². The second-order valence-corrected chi connectivity index (χ2v) is 38.0. The minimum absolute atomic E-state index is 0.0934. The molecular formula is C84H88N8O18S4. The number of benzene rings is 6. The van der Waals surface area contributed by atoms with Gasteiger partial charge < -0.3 is 28.4 Å². The van der Waals surface area contributed by atoms with E-state index in [2.05, 4.69) is 43.2 Å². The van der Waals surface area contributed by atoms with Gasteiger partial charge in [-0.2, -0.15) is 0 Å². The van der Waals surface area contributed by atoms with Gasteiger partial charge in [0.15, 0.2) is 0 Å². The van der Waals surface area contributed by atoms with E-state index in [4.69, 9.17) is 9.47 Å². The number of unbranched alkanes of at least 4 members (excludes halogenated alkanes) is 4. The molecule has 0 unspecified atom stereocenters. The minimum Gasteiger partial charge on any atom is -0.744 e. The quantitative estimate of drug-likeness (QED) is 0.0403. The Morgan fingerprint density at radius 3 is 1.23 bits per heavy atom. The summed E-state index contributed by atoms with van der Waals surface area (Å²) < 4.78 is 156. The SMILES string of the molecule is CC(=O)N(CCCCCN1C(=O)C=CC1=O)S(=O)(=O)c1cc(S(=O)(=O)[O-])ccc1C1=c2cc3c4c(c2Oc2c1cc1c5c2CCCN5CCC1)CCC[N+]=4CCC3.CC(=O)N(CCCCCN1C(=O)C=CC1=O)S(=O)(=O)c1ccc(C2=c3cc4c5c(c3Oc3c2cc2c6c3CCCN6CCC2)CCC[N+]=5CCC4)c(S(=O)(=O)[O-])c1. The maximum absolute atomic E-state index is 15.0. The molecule has 0 fully saturated rings. The fourth-order valence-electron chi connectivity index (χ4n) is 19.6. The zero-order valence-corrected chi connectivity index (χ0v) is 66.9. The molecule has 0 saturated heterocycles. The number of hydrogen-bond donors (Lipinski definition) is 0. The standard InChI is InChI=1S/2C42H44N4O9S2/c1-26(47)46(22-4-2-3-21-45-36(48)15-16-37(45)49)56(50,51)35-25-29(57(52,53)54)13-14-30(35)38-33-23-27-9-5-17-43-19-7-11-31(39(27)43)41(33)55-42-32-12-8-20-44-18-6-10-28(40(32)44)24-34(38)42;1-26(47)46(22-4-2-3-21-45-36(48)15-16-37(45)49)56(50,51)29-13-14-30(35(25-29)57(52,53)54)38-33-23-27-9-5-17-43-19-7-11-31(39(27)43)41(33)55-42-32-12-8-20-44-18-6-10-28(40(32)44)24-34(38)42/h2*13-16,23-25H,2-12,17-22H2,1H3. The van der Waals surface area contributed by atoms with E-state index < -0.39 is 95.3 Å². The van der Waals surface area contributed by atoms with Gasteiger partial charge >= 0.3 is 0 Å². The second kappa shape index (κ2) is 29.8. The minimum atomic E-state index is -5.28. The Kier molecular flexibility index (Phi) is 20.1. The summed E-state index contributed by atoms with van der Waals surface area (Å²) in [6.45, 7) is 9.67. The Hall–Kier alpha value is -9.72. The van der Waals surface area contributed by atoms with Crippen LogP contribution in [-0.2, 0) is 120 Å². The van der Waals surface area contributed by atoms with Crippen molar-refractivity contribution in [3.8, 4) is 23.0 Å². The third kappa shape index (κ3) is 13.5. The van der Waals surface area contributed by atoms with Crippen molar-refractivity contribution in [1.82, 2.24) is 27.6 Å². The molecule has 0 bridgehead atoms. The van der Waals surface area contributed by atoms with Gasteiger partial charge in [0.2, 0.25) is 22.5 Å². The topological polar surface area (TPSA) is 329 Å². The molecule has 0 radical (unpaired) electrons. The number of carbonyl (C=O) groups is 6. The number of anilines is 2. The van der Waals surface area contributed by atoms with Crippen LogP contribution >= 0.6 is 0 Å². The number of nitrogens with zero attached hydrogens (tertiary/aromatic N) is 8. The predicted octanol–water partition coefficient (Wildman–Crippen LogP) is 5.32. The first-order valence-corrected chi connectivity index (χ1v) is 45.6. The highest BCUT2D eigenvalue weighted by molar-refractivity contribution is 7.90. The highest BCUT2D eigenvalue weighted by Crippen LogP contribution is 2.52. The number of sulfonamides is 2. The molecule has 6 amide bonds. The number of hydrogen-bond acceptors (Lipinski definition) is 20. The molecule has 0 N–H and O–H groups in total. The van der Waals surface area contributed by atoms with E-state index in [0.717, 1.165) is 246 Å². The molecular weight excluding hydrogens is 1540 g/mol. The van der Waals surface area contributed by atoms with Gasteiger partial charge in [-0.3, -0.25) is 38.6 Å². The first-order valence-electron chi connectivity index (χ1n) is 39.9. The summed E-state index contributed by atoms with van der Waals surface area (Å²) in [6.07, 6.45) is 20.9. The van der Waals surface area contributed by atoms with Gasteiger partial charge in [0.25, 0.3) is 43.7 Å². The number of fused-ring (bicyclic) bond motifs is 8. The Morgan fingerprint density at radius 2 is 0.798 bits per heavy atom. The zero-order valence-electron chi connectivity index (χ0n) is 63.7. The highest BCUT2D eigenvalue weighted by Gasteiger charge is 2.42. The van der Waals surface area contributed by atoms with Gasteiger partial charge in [0.1, 0.15) is 69.4 Å². The number of carbonyl (C=O) groups excluding carboxylic acids is 6. The molecule has 114 heavy (non-hydrogen) atoms. The van der Waals surface area contributed by atoms with Gasteiger partial charge in [-0.1, -0.05) is 12.1 Å². The van der Waals surface area contributed by atoms with Crippen molar-refractivity contribution in [3.05, 3.63) is 173 Å². The predicted molar refractivity (Wildman–Crippen MR) is 418 cm³/mol. The molecule has 596 valence electrons. The maximum atomic E-state index is 15.0. The summed E-state index contributed by atoms with van der Waals surface area (Å²) in [5.74, 6) is -0.527. The number of ether oxygens (including phenoxy) is 2. The molecule has 12 aliphatic heterocycles. The van der Waals surface area contributed by atoms with Crippen molar-refractivity contribution in [3.63, 3.8) is 0 Å². The van der Waals surface area contributed by atoms with Crippen molar-refractivity contribution in [2.45, 2.75) is 175 Å². The fraction of sp³-hybridized carbons (Fsp3) is 0.429. The summed E-state index contributed by atoms with van der Waals surface area (Å²) in [5, 5.41) is 3.76. The zero-order chi connectivity index (χ0) is 79.6. The van der Waals surface area contributed by atoms with E-state index in [1.165, 1.54) is 64.6 Å². The molecule has 0 spiro atoms. The number of amides is 6. The van der Waals surface area contributed by atoms with Crippen molar-refractivity contribution < 1.29 is 81.0 Å². The first-order chi connectivity index (χ1) is 54.6. The van der Waals surface area contributed by atoms with Gasteiger partial charge in [-0.15, -0.1) is 0 Å². The normalized spacial score (nSPS) is 18.2. The van der Waals surface area contributed by atoms with Crippen LogP contribution in [0.25, 0.3) is 11.1 Å². The average molecular weight is 1630 g/mol. The van der Waals surface area contributed by atoms with Gasteiger partial charge in [0.05, 0.1) is 30.7 Å². The summed E-state index contributed by atoms with van der Waals surface area (Å²) in [7, 11) is -19.8. The fourth-order valence-corrected chi connectivity index (χ4v) is 24.1. The lowest BCUT2D eigenvalue weighted by Crippen LogP contribution is -2.45. The lowest BCUT2D eigenvalue weighted by atomic mass is 9.82. The largest absolute Gasteiger partial charge is 0.744 e. The van der Waals surface area contributed by atoms with Crippen molar-refractivity contribution in [2.24, 2.45) is 0 Å².